The molecule has 1 aromatic heterocycles. The van der Waals surface area contributed by atoms with E-state index >= 15 is 0 Å². The van der Waals surface area contributed by atoms with Crippen molar-refractivity contribution < 1.29 is 4.74 Å². The Bertz CT molecular complexity index is 473. The van der Waals surface area contributed by atoms with Crippen molar-refractivity contribution in [2.45, 2.75) is 52.7 Å². The largest absolute Gasteiger partial charge is 0.372 e. The first-order chi connectivity index (χ1) is 9.93. The average molecular weight is 292 g/mol. The summed E-state index contributed by atoms with van der Waals surface area (Å²) in [5.41, 5.74) is 2.11. The Balaban J connectivity index is 2.28. The highest BCUT2D eigenvalue weighted by Gasteiger charge is 2.29. The van der Waals surface area contributed by atoms with Gasteiger partial charge in [-0.05, 0) is 20.4 Å². The molecule has 0 aromatic carbocycles. The molecule has 2 rings (SSSR count). The van der Waals surface area contributed by atoms with Crippen LogP contribution >= 0.6 is 0 Å². The van der Waals surface area contributed by atoms with Gasteiger partial charge in [-0.15, -0.1) is 0 Å². The van der Waals surface area contributed by atoms with Crippen LogP contribution in [0.3, 0.4) is 0 Å². The van der Waals surface area contributed by atoms with Crippen molar-refractivity contribution in [3.8, 4) is 0 Å². The highest BCUT2D eigenvalue weighted by molar-refractivity contribution is 5.50. The minimum atomic E-state index is -0.121. The van der Waals surface area contributed by atoms with E-state index in [1.807, 2.05) is 6.20 Å². The zero-order chi connectivity index (χ0) is 15.5. The summed E-state index contributed by atoms with van der Waals surface area (Å²) in [5.74, 6) is 1.26. The van der Waals surface area contributed by atoms with E-state index in [1.54, 1.807) is 0 Å². The molecule has 0 radical (unpaired) electrons. The Morgan fingerprint density at radius 2 is 2.19 bits per heavy atom. The van der Waals surface area contributed by atoms with Gasteiger partial charge in [0.15, 0.2) is 0 Å². The third kappa shape index (κ3) is 4.14. The van der Waals surface area contributed by atoms with Crippen molar-refractivity contribution in [1.29, 1.82) is 0 Å². The maximum Gasteiger partial charge on any atom is 0.131 e. The van der Waals surface area contributed by atoms with E-state index in [2.05, 4.69) is 49.8 Å². The topological polar surface area (TPSA) is 50.3 Å². The summed E-state index contributed by atoms with van der Waals surface area (Å²) in [5, 5.41) is 3.38. The molecule has 0 saturated carbocycles. The van der Waals surface area contributed by atoms with Crippen LogP contribution in [-0.4, -0.2) is 41.8 Å². The number of aromatic nitrogens is 2. The quantitative estimate of drug-likeness (QED) is 0.902. The van der Waals surface area contributed by atoms with Crippen molar-refractivity contribution in [2.75, 3.05) is 31.1 Å². The molecule has 1 aliphatic heterocycles. The normalized spacial score (nSPS) is 18.3. The van der Waals surface area contributed by atoms with E-state index in [4.69, 9.17) is 9.72 Å². The van der Waals surface area contributed by atoms with E-state index in [-0.39, 0.29) is 5.60 Å². The molecule has 0 unspecified atom stereocenters. The highest BCUT2D eigenvalue weighted by atomic mass is 16.5. The summed E-state index contributed by atoms with van der Waals surface area (Å²) in [6.07, 6.45) is 1.98. The minimum absolute atomic E-state index is 0.121. The molecule has 1 aliphatic rings. The average Bonchev–Trinajstić information content (AvgIpc) is 2.43. The second-order valence-corrected chi connectivity index (χ2v) is 6.52. The Labute approximate surface area is 128 Å². The third-order valence-electron chi connectivity index (χ3n) is 3.69. The molecule has 118 valence electrons. The predicted octanol–water partition coefficient (Wildman–Crippen LogP) is 2.32. The number of anilines is 1. The van der Waals surface area contributed by atoms with Gasteiger partial charge in [-0.1, -0.05) is 20.8 Å². The molecule has 1 N–H and O–H groups in total. The lowest BCUT2D eigenvalue weighted by Crippen LogP contribution is -2.48. The fourth-order valence-corrected chi connectivity index (χ4v) is 2.56. The molecule has 0 aliphatic carbocycles. The van der Waals surface area contributed by atoms with Crippen LogP contribution in [0.5, 0.6) is 0 Å². The first kappa shape index (κ1) is 16.2. The number of nitrogens with one attached hydrogen (secondary N) is 1. The van der Waals surface area contributed by atoms with E-state index in [0.29, 0.717) is 5.92 Å². The summed E-state index contributed by atoms with van der Waals surface area (Å²) in [7, 11) is 0. The lowest BCUT2D eigenvalue weighted by Gasteiger charge is -2.39. The molecular weight excluding hydrogens is 264 g/mol. The predicted molar refractivity (Wildman–Crippen MR) is 85.7 cm³/mol. The number of ether oxygens (including phenoxy) is 1. The number of rotatable bonds is 5. The van der Waals surface area contributed by atoms with Gasteiger partial charge in [0.05, 0.1) is 29.8 Å². The maximum absolute atomic E-state index is 5.80. The number of hydrogen-bond acceptors (Lipinski definition) is 5. The maximum atomic E-state index is 5.80. The molecule has 5 heteroatoms. The molecule has 21 heavy (non-hydrogen) atoms. The number of hydrogen-bond donors (Lipinski definition) is 1. The Kier molecular flexibility index (Phi) is 5.17. The molecule has 0 bridgehead atoms. The summed E-state index contributed by atoms with van der Waals surface area (Å²) in [6, 6.07) is 0. The minimum Gasteiger partial charge on any atom is -0.372 e. The highest BCUT2D eigenvalue weighted by Crippen LogP contribution is 2.26. The van der Waals surface area contributed by atoms with Gasteiger partial charge in [0, 0.05) is 25.6 Å². The van der Waals surface area contributed by atoms with Crippen LogP contribution in [-0.2, 0) is 11.3 Å². The summed E-state index contributed by atoms with van der Waals surface area (Å²) in [4.78, 5) is 11.7. The lowest BCUT2D eigenvalue weighted by molar-refractivity contribution is -0.0277. The lowest BCUT2D eigenvalue weighted by atomic mass is 10.1. The van der Waals surface area contributed by atoms with Crippen molar-refractivity contribution >= 4 is 5.69 Å². The zero-order valence-electron chi connectivity index (χ0n) is 13.9. The Hall–Kier alpha value is -1.20. The van der Waals surface area contributed by atoms with Gasteiger partial charge in [-0.25, -0.2) is 9.97 Å². The second kappa shape index (κ2) is 6.71. The molecule has 5 nitrogen and oxygen atoms in total. The van der Waals surface area contributed by atoms with Crippen molar-refractivity contribution in [3.05, 3.63) is 17.7 Å². The molecule has 0 atom stereocenters. The Morgan fingerprint density at radius 3 is 2.81 bits per heavy atom. The van der Waals surface area contributed by atoms with Crippen LogP contribution in [0.4, 0.5) is 5.69 Å². The van der Waals surface area contributed by atoms with E-state index in [1.165, 1.54) is 0 Å². The van der Waals surface area contributed by atoms with Crippen LogP contribution in [0, 0.1) is 0 Å². The number of morpholine rings is 1. The van der Waals surface area contributed by atoms with Crippen molar-refractivity contribution in [2.24, 2.45) is 0 Å². The van der Waals surface area contributed by atoms with Gasteiger partial charge < -0.3 is 15.0 Å². The zero-order valence-corrected chi connectivity index (χ0v) is 13.9. The van der Waals surface area contributed by atoms with Gasteiger partial charge in [0.25, 0.3) is 0 Å². The molecule has 1 saturated heterocycles. The van der Waals surface area contributed by atoms with E-state index < -0.39 is 0 Å². The summed E-state index contributed by atoms with van der Waals surface area (Å²) in [6.45, 7) is 14.9. The van der Waals surface area contributed by atoms with Crippen molar-refractivity contribution in [3.63, 3.8) is 0 Å². The van der Waals surface area contributed by atoms with Crippen LogP contribution in [0.25, 0.3) is 0 Å². The molecule has 1 fully saturated rings. The van der Waals surface area contributed by atoms with Gasteiger partial charge in [-0.3, -0.25) is 0 Å². The third-order valence-corrected chi connectivity index (χ3v) is 3.69. The second-order valence-electron chi connectivity index (χ2n) is 6.52. The van der Waals surface area contributed by atoms with Crippen molar-refractivity contribution in [1.82, 2.24) is 15.3 Å². The summed E-state index contributed by atoms with van der Waals surface area (Å²) < 4.78 is 5.80. The first-order valence-corrected chi connectivity index (χ1v) is 7.88. The fourth-order valence-electron chi connectivity index (χ4n) is 2.56. The monoisotopic (exact) mass is 292 g/mol. The van der Waals surface area contributed by atoms with Gasteiger partial charge >= 0.3 is 0 Å². The van der Waals surface area contributed by atoms with E-state index in [0.717, 1.165) is 50.0 Å². The van der Waals surface area contributed by atoms with Crippen LogP contribution in [0.15, 0.2) is 6.20 Å². The molecular formula is C16H28N4O. The summed E-state index contributed by atoms with van der Waals surface area (Å²) >= 11 is 0. The molecule has 0 amide bonds. The molecule has 2 heterocycles. The fraction of sp³-hybridized carbons (Fsp3) is 0.750. The van der Waals surface area contributed by atoms with Gasteiger partial charge in [-0.2, -0.15) is 0 Å². The first-order valence-electron chi connectivity index (χ1n) is 7.88. The Morgan fingerprint density at radius 1 is 1.43 bits per heavy atom. The SMILES string of the molecule is CCNCc1nc(C(C)C)ncc1N1CCOC(C)(C)C1. The standard InChI is InChI=1S/C16H28N4O/c1-6-17-9-13-14(10-18-15(19-13)12(2)3)20-7-8-21-16(4,5)11-20/h10,12,17H,6-9,11H2,1-5H3. The van der Waals surface area contributed by atoms with Crippen LogP contribution in [0.2, 0.25) is 0 Å². The molecule has 1 aromatic rings. The van der Waals surface area contributed by atoms with E-state index in [9.17, 15) is 0 Å². The smallest absolute Gasteiger partial charge is 0.131 e. The van der Waals surface area contributed by atoms with Gasteiger partial charge in [0.1, 0.15) is 5.82 Å². The van der Waals surface area contributed by atoms with Crippen LogP contribution in [0.1, 0.15) is 52.1 Å². The molecule has 0 spiro atoms. The van der Waals surface area contributed by atoms with Gasteiger partial charge in [0.2, 0.25) is 0 Å². The number of nitrogens with zero attached hydrogens (tertiary/aromatic N) is 3. The van der Waals surface area contributed by atoms with Crippen LogP contribution < -0.4 is 10.2 Å².